The Kier molecular flexibility index (Phi) is 1.81. The number of anilines is 1. The predicted octanol–water partition coefficient (Wildman–Crippen LogP) is 3.93. The number of hydrogen-bond donors (Lipinski definition) is 3. The molecule has 0 spiro atoms. The van der Waals surface area contributed by atoms with E-state index in [9.17, 15) is 0 Å². The van der Waals surface area contributed by atoms with Crippen LogP contribution in [-0.4, -0.2) is 15.0 Å². The minimum absolute atomic E-state index is 0.768. The van der Waals surface area contributed by atoms with Crippen molar-refractivity contribution in [2.24, 2.45) is 0 Å². The Hall–Kier alpha value is -3.01. The molecule has 0 amide bonds. The van der Waals surface area contributed by atoms with Gasteiger partial charge in [-0.05, 0) is 24.3 Å². The lowest BCUT2D eigenvalue weighted by molar-refractivity contribution is 1.42. The summed E-state index contributed by atoms with van der Waals surface area (Å²) in [7, 11) is 0. The molecule has 4 heteroatoms. The van der Waals surface area contributed by atoms with Crippen LogP contribution in [0.3, 0.4) is 0 Å². The van der Waals surface area contributed by atoms with E-state index in [2.05, 4.69) is 27.1 Å². The number of nitrogen functional groups attached to an aromatic ring is 1. The number of nitrogens with two attached hydrogens (primary N) is 1. The first-order valence-corrected chi connectivity index (χ1v) is 6.87. The highest BCUT2D eigenvalue weighted by Crippen LogP contribution is 2.34. The zero-order valence-corrected chi connectivity index (χ0v) is 11.1. The molecule has 21 heavy (non-hydrogen) atoms. The van der Waals surface area contributed by atoms with Gasteiger partial charge in [-0.15, -0.1) is 0 Å². The second kappa shape index (κ2) is 3.55. The molecule has 3 heterocycles. The van der Waals surface area contributed by atoms with E-state index in [4.69, 9.17) is 5.73 Å². The van der Waals surface area contributed by atoms with Crippen LogP contribution >= 0.6 is 0 Å². The third-order valence-corrected chi connectivity index (χ3v) is 4.10. The van der Waals surface area contributed by atoms with Crippen LogP contribution in [0.2, 0.25) is 0 Å². The van der Waals surface area contributed by atoms with Crippen molar-refractivity contribution in [1.82, 2.24) is 15.0 Å². The number of aromatic nitrogens is 3. The highest BCUT2D eigenvalue weighted by Gasteiger charge is 2.13. The SMILES string of the molecule is Nc1ccc2[nH]c3cnc4c5ccccc5[nH]c4c3c2c1. The monoisotopic (exact) mass is 272 g/mol. The fraction of sp³-hybridized carbons (Fsp3) is 0. The number of aromatic amines is 2. The molecule has 3 aromatic heterocycles. The summed E-state index contributed by atoms with van der Waals surface area (Å²) in [4.78, 5) is 11.5. The highest BCUT2D eigenvalue weighted by molar-refractivity contribution is 6.23. The fourth-order valence-electron chi connectivity index (χ4n) is 3.17. The van der Waals surface area contributed by atoms with E-state index in [1.165, 1.54) is 0 Å². The van der Waals surface area contributed by atoms with E-state index in [1.54, 1.807) is 0 Å². The average Bonchev–Trinajstić information content (AvgIpc) is 3.04. The molecule has 0 aliphatic heterocycles. The number of pyridine rings is 1. The number of hydrogen-bond acceptors (Lipinski definition) is 2. The third kappa shape index (κ3) is 1.31. The van der Waals surface area contributed by atoms with E-state index in [0.29, 0.717) is 0 Å². The second-order valence-electron chi connectivity index (χ2n) is 5.37. The number of para-hydroxylation sites is 1. The summed E-state index contributed by atoms with van der Waals surface area (Å²) in [5.74, 6) is 0. The molecule has 0 atom stereocenters. The van der Waals surface area contributed by atoms with Crippen LogP contribution in [0.1, 0.15) is 0 Å². The number of nitrogens with zero attached hydrogens (tertiary/aromatic N) is 1. The van der Waals surface area contributed by atoms with E-state index < -0.39 is 0 Å². The van der Waals surface area contributed by atoms with Gasteiger partial charge in [0, 0.05) is 32.9 Å². The van der Waals surface area contributed by atoms with Crippen molar-refractivity contribution < 1.29 is 0 Å². The molecular weight excluding hydrogens is 260 g/mol. The van der Waals surface area contributed by atoms with Crippen LogP contribution < -0.4 is 5.73 Å². The van der Waals surface area contributed by atoms with Crippen LogP contribution in [0, 0.1) is 0 Å². The van der Waals surface area contributed by atoms with Gasteiger partial charge in [-0.2, -0.15) is 0 Å². The summed E-state index contributed by atoms with van der Waals surface area (Å²) < 4.78 is 0. The van der Waals surface area contributed by atoms with E-state index in [0.717, 1.165) is 49.4 Å². The van der Waals surface area contributed by atoms with Gasteiger partial charge in [0.25, 0.3) is 0 Å². The lowest BCUT2D eigenvalue weighted by atomic mass is 10.1. The van der Waals surface area contributed by atoms with Gasteiger partial charge in [0.05, 0.1) is 22.7 Å². The van der Waals surface area contributed by atoms with Gasteiger partial charge in [-0.1, -0.05) is 18.2 Å². The fourth-order valence-corrected chi connectivity index (χ4v) is 3.17. The molecule has 0 saturated heterocycles. The molecule has 0 unspecified atom stereocenters. The first kappa shape index (κ1) is 10.7. The molecule has 0 saturated carbocycles. The molecule has 0 radical (unpaired) electrons. The molecule has 0 bridgehead atoms. The molecule has 0 aliphatic carbocycles. The lowest BCUT2D eigenvalue weighted by Crippen LogP contribution is -1.82. The summed E-state index contributed by atoms with van der Waals surface area (Å²) in [6.45, 7) is 0. The standard InChI is InChI=1S/C17H12N4/c18-9-5-6-13-11(7-9)15-14(20-13)8-19-16-10-3-1-2-4-12(10)21-17(15)16/h1-8,20-21H,18H2. The van der Waals surface area contributed by atoms with Crippen molar-refractivity contribution in [3.05, 3.63) is 48.7 Å². The Balaban J connectivity index is 2.11. The summed E-state index contributed by atoms with van der Waals surface area (Å²) in [5, 5.41) is 3.43. The summed E-state index contributed by atoms with van der Waals surface area (Å²) >= 11 is 0. The predicted molar refractivity (Wildman–Crippen MR) is 87.4 cm³/mol. The minimum Gasteiger partial charge on any atom is -0.399 e. The average molecular weight is 272 g/mol. The number of nitrogens with one attached hydrogen (secondary N) is 2. The lowest BCUT2D eigenvalue weighted by Gasteiger charge is -1.95. The number of fused-ring (bicyclic) bond motifs is 7. The van der Waals surface area contributed by atoms with Crippen LogP contribution in [0.25, 0.3) is 43.7 Å². The number of benzene rings is 2. The smallest absolute Gasteiger partial charge is 0.0965 e. The molecule has 0 fully saturated rings. The van der Waals surface area contributed by atoms with Gasteiger partial charge in [0.2, 0.25) is 0 Å². The molecule has 4 N–H and O–H groups in total. The van der Waals surface area contributed by atoms with Crippen molar-refractivity contribution in [3.8, 4) is 0 Å². The number of H-pyrrole nitrogens is 2. The maximum absolute atomic E-state index is 5.95. The van der Waals surface area contributed by atoms with Crippen LogP contribution in [0.4, 0.5) is 5.69 Å². The van der Waals surface area contributed by atoms with Crippen LogP contribution in [0.5, 0.6) is 0 Å². The van der Waals surface area contributed by atoms with Gasteiger partial charge in [0.15, 0.2) is 0 Å². The molecular formula is C17H12N4. The van der Waals surface area contributed by atoms with Gasteiger partial charge in [0.1, 0.15) is 0 Å². The van der Waals surface area contributed by atoms with E-state index in [1.807, 2.05) is 36.5 Å². The Morgan fingerprint density at radius 1 is 0.857 bits per heavy atom. The Bertz CT molecular complexity index is 1150. The van der Waals surface area contributed by atoms with Crippen molar-refractivity contribution in [1.29, 1.82) is 0 Å². The van der Waals surface area contributed by atoms with Crippen molar-refractivity contribution in [2.75, 3.05) is 5.73 Å². The molecule has 5 aromatic rings. The largest absolute Gasteiger partial charge is 0.399 e. The van der Waals surface area contributed by atoms with Gasteiger partial charge >= 0.3 is 0 Å². The molecule has 0 aliphatic rings. The van der Waals surface area contributed by atoms with Gasteiger partial charge < -0.3 is 15.7 Å². The van der Waals surface area contributed by atoms with Gasteiger partial charge in [-0.25, -0.2) is 0 Å². The molecule has 100 valence electrons. The van der Waals surface area contributed by atoms with Crippen molar-refractivity contribution in [2.45, 2.75) is 0 Å². The summed E-state index contributed by atoms with van der Waals surface area (Å²) in [5.41, 5.74) is 12.0. The normalized spacial score (nSPS) is 12.0. The van der Waals surface area contributed by atoms with E-state index in [-0.39, 0.29) is 0 Å². The molecule has 5 rings (SSSR count). The van der Waals surface area contributed by atoms with Crippen molar-refractivity contribution >= 4 is 49.4 Å². The maximum Gasteiger partial charge on any atom is 0.0965 e. The number of rotatable bonds is 0. The molecule has 2 aromatic carbocycles. The topological polar surface area (TPSA) is 70.5 Å². The Morgan fingerprint density at radius 3 is 2.67 bits per heavy atom. The summed E-state index contributed by atoms with van der Waals surface area (Å²) in [6.07, 6.45) is 1.90. The van der Waals surface area contributed by atoms with Crippen LogP contribution in [0.15, 0.2) is 48.7 Å². The Labute approximate surface area is 119 Å². The third-order valence-electron chi connectivity index (χ3n) is 4.10. The quantitative estimate of drug-likeness (QED) is 0.374. The second-order valence-corrected chi connectivity index (χ2v) is 5.37. The highest BCUT2D eigenvalue weighted by atomic mass is 14.8. The first-order chi connectivity index (χ1) is 10.3. The summed E-state index contributed by atoms with van der Waals surface area (Å²) in [6, 6.07) is 14.2. The first-order valence-electron chi connectivity index (χ1n) is 6.87. The zero-order chi connectivity index (χ0) is 14.0. The maximum atomic E-state index is 5.95. The minimum atomic E-state index is 0.768. The van der Waals surface area contributed by atoms with E-state index >= 15 is 0 Å². The van der Waals surface area contributed by atoms with Crippen LogP contribution in [-0.2, 0) is 0 Å². The Morgan fingerprint density at radius 2 is 1.71 bits per heavy atom. The zero-order valence-electron chi connectivity index (χ0n) is 11.1. The molecule has 4 nitrogen and oxygen atoms in total. The van der Waals surface area contributed by atoms with Crippen molar-refractivity contribution in [3.63, 3.8) is 0 Å². The van der Waals surface area contributed by atoms with Gasteiger partial charge in [-0.3, -0.25) is 4.98 Å².